The van der Waals surface area contributed by atoms with Crippen molar-refractivity contribution in [3.8, 4) is 0 Å². The van der Waals surface area contributed by atoms with E-state index < -0.39 is 0 Å². The Hall–Kier alpha value is -1.10. The van der Waals surface area contributed by atoms with Gasteiger partial charge < -0.3 is 10.6 Å². The predicted molar refractivity (Wildman–Crippen MR) is 79.8 cm³/mol. The van der Waals surface area contributed by atoms with Crippen LogP contribution in [0.3, 0.4) is 0 Å². The Labute approximate surface area is 122 Å². The first-order valence-corrected chi connectivity index (χ1v) is 7.15. The molecule has 0 aliphatic heterocycles. The van der Waals surface area contributed by atoms with Crippen LogP contribution in [0.1, 0.15) is 25.8 Å². The van der Waals surface area contributed by atoms with Crippen molar-refractivity contribution in [2.75, 3.05) is 18.4 Å². The van der Waals surface area contributed by atoms with Crippen molar-refractivity contribution < 1.29 is 9.18 Å². The van der Waals surface area contributed by atoms with Gasteiger partial charge in [-0.1, -0.05) is 13.8 Å². The van der Waals surface area contributed by atoms with Crippen molar-refractivity contribution in [3.05, 3.63) is 28.0 Å². The average molecular weight is 331 g/mol. The second-order valence-corrected chi connectivity index (χ2v) is 5.82. The van der Waals surface area contributed by atoms with Crippen molar-refractivity contribution in [1.82, 2.24) is 5.32 Å². The summed E-state index contributed by atoms with van der Waals surface area (Å²) >= 11 is 3.13. The molecular weight excluding hydrogens is 311 g/mol. The SMILES string of the molecule is Cc1cc(F)c(Br)cc1NCC(=O)NCCC(C)C. The van der Waals surface area contributed by atoms with Gasteiger partial charge in [0, 0.05) is 12.2 Å². The number of aryl methyl sites for hydroxylation is 1. The number of hydrogen-bond acceptors (Lipinski definition) is 2. The molecule has 0 radical (unpaired) electrons. The molecule has 0 aliphatic carbocycles. The van der Waals surface area contributed by atoms with E-state index in [2.05, 4.69) is 40.4 Å². The van der Waals surface area contributed by atoms with Crippen LogP contribution in [0.4, 0.5) is 10.1 Å². The highest BCUT2D eigenvalue weighted by atomic mass is 79.9. The fraction of sp³-hybridized carbons (Fsp3) is 0.500. The third kappa shape index (κ3) is 5.59. The van der Waals surface area contributed by atoms with Crippen LogP contribution in [0.15, 0.2) is 16.6 Å². The van der Waals surface area contributed by atoms with E-state index in [1.165, 1.54) is 6.07 Å². The minimum atomic E-state index is -0.301. The van der Waals surface area contributed by atoms with E-state index in [9.17, 15) is 9.18 Å². The van der Waals surface area contributed by atoms with Crippen LogP contribution in [0.5, 0.6) is 0 Å². The molecule has 1 aromatic rings. The van der Waals surface area contributed by atoms with Crippen molar-refractivity contribution in [1.29, 1.82) is 0 Å². The molecule has 2 N–H and O–H groups in total. The summed E-state index contributed by atoms with van der Waals surface area (Å²) in [6, 6.07) is 3.08. The highest BCUT2D eigenvalue weighted by Gasteiger charge is 2.07. The van der Waals surface area contributed by atoms with E-state index in [0.29, 0.717) is 16.9 Å². The average Bonchev–Trinajstić information content (AvgIpc) is 2.31. The molecule has 0 unspecified atom stereocenters. The number of benzene rings is 1. The summed E-state index contributed by atoms with van der Waals surface area (Å²) in [4.78, 5) is 11.6. The van der Waals surface area contributed by atoms with Crippen LogP contribution in [0, 0.1) is 18.7 Å². The number of halogens is 2. The van der Waals surface area contributed by atoms with Crippen LogP contribution in [-0.4, -0.2) is 19.0 Å². The topological polar surface area (TPSA) is 41.1 Å². The summed E-state index contributed by atoms with van der Waals surface area (Å²) in [7, 11) is 0. The van der Waals surface area contributed by atoms with Gasteiger partial charge in [0.1, 0.15) is 5.82 Å². The highest BCUT2D eigenvalue weighted by Crippen LogP contribution is 2.23. The number of hydrogen-bond donors (Lipinski definition) is 2. The second kappa shape index (κ2) is 7.48. The highest BCUT2D eigenvalue weighted by molar-refractivity contribution is 9.10. The van der Waals surface area contributed by atoms with Crippen LogP contribution in [0.25, 0.3) is 0 Å². The van der Waals surface area contributed by atoms with Crippen LogP contribution < -0.4 is 10.6 Å². The third-order valence-electron chi connectivity index (χ3n) is 2.75. The molecule has 0 atom stereocenters. The Morgan fingerprint density at radius 3 is 2.74 bits per heavy atom. The molecular formula is C14H20BrFN2O. The number of anilines is 1. The molecule has 1 aromatic carbocycles. The zero-order valence-electron chi connectivity index (χ0n) is 11.5. The number of rotatable bonds is 6. The maximum Gasteiger partial charge on any atom is 0.239 e. The van der Waals surface area contributed by atoms with Gasteiger partial charge in [-0.3, -0.25) is 4.79 Å². The van der Waals surface area contributed by atoms with Crippen molar-refractivity contribution >= 4 is 27.5 Å². The number of carbonyl (C=O) groups is 1. The maximum absolute atomic E-state index is 13.2. The van der Waals surface area contributed by atoms with E-state index in [1.54, 1.807) is 13.0 Å². The molecule has 0 saturated heterocycles. The lowest BCUT2D eigenvalue weighted by atomic mass is 10.1. The zero-order valence-corrected chi connectivity index (χ0v) is 13.1. The number of amides is 1. The molecule has 1 rings (SSSR count). The van der Waals surface area contributed by atoms with E-state index in [-0.39, 0.29) is 18.3 Å². The first kappa shape index (κ1) is 16.0. The fourth-order valence-corrected chi connectivity index (χ4v) is 1.92. The molecule has 0 fully saturated rings. The molecule has 0 spiro atoms. The van der Waals surface area contributed by atoms with Gasteiger partial charge in [0.05, 0.1) is 11.0 Å². The smallest absolute Gasteiger partial charge is 0.239 e. The number of carbonyl (C=O) groups excluding carboxylic acids is 1. The molecule has 1 amide bonds. The summed E-state index contributed by atoms with van der Waals surface area (Å²) in [6.07, 6.45) is 0.965. The van der Waals surface area contributed by atoms with Gasteiger partial charge in [-0.25, -0.2) is 4.39 Å². The van der Waals surface area contributed by atoms with E-state index >= 15 is 0 Å². The Balaban J connectivity index is 2.44. The summed E-state index contributed by atoms with van der Waals surface area (Å²) in [6.45, 7) is 6.91. The fourth-order valence-electron chi connectivity index (χ4n) is 1.57. The van der Waals surface area contributed by atoms with Gasteiger partial charge in [-0.05, 0) is 52.9 Å². The Morgan fingerprint density at radius 1 is 1.42 bits per heavy atom. The number of nitrogens with one attached hydrogen (secondary N) is 2. The van der Waals surface area contributed by atoms with Crippen molar-refractivity contribution in [2.24, 2.45) is 5.92 Å². The summed E-state index contributed by atoms with van der Waals surface area (Å²) in [5, 5.41) is 5.85. The van der Waals surface area contributed by atoms with E-state index in [0.717, 1.165) is 17.7 Å². The lowest BCUT2D eigenvalue weighted by Crippen LogP contribution is -2.31. The van der Waals surface area contributed by atoms with Gasteiger partial charge in [-0.15, -0.1) is 0 Å². The van der Waals surface area contributed by atoms with Gasteiger partial charge in [0.15, 0.2) is 0 Å². The molecule has 0 saturated carbocycles. The molecule has 5 heteroatoms. The van der Waals surface area contributed by atoms with Gasteiger partial charge in [-0.2, -0.15) is 0 Å². The van der Waals surface area contributed by atoms with Gasteiger partial charge in [0.2, 0.25) is 5.91 Å². The van der Waals surface area contributed by atoms with Crippen molar-refractivity contribution in [3.63, 3.8) is 0 Å². The molecule has 3 nitrogen and oxygen atoms in total. The minimum absolute atomic E-state index is 0.0551. The summed E-state index contributed by atoms with van der Waals surface area (Å²) in [5.41, 5.74) is 1.53. The lowest BCUT2D eigenvalue weighted by Gasteiger charge is -2.11. The molecule has 0 heterocycles. The predicted octanol–water partition coefficient (Wildman–Crippen LogP) is 3.47. The standard InChI is InChI=1S/C14H20BrFN2O/c1-9(2)4-5-17-14(19)8-18-13-7-11(15)12(16)6-10(13)3/h6-7,9,18H,4-5,8H2,1-3H3,(H,17,19). The monoisotopic (exact) mass is 330 g/mol. The van der Waals surface area contributed by atoms with Crippen LogP contribution >= 0.6 is 15.9 Å². The Bertz CT molecular complexity index is 449. The van der Waals surface area contributed by atoms with Gasteiger partial charge >= 0.3 is 0 Å². The largest absolute Gasteiger partial charge is 0.376 e. The van der Waals surface area contributed by atoms with Crippen molar-refractivity contribution in [2.45, 2.75) is 27.2 Å². The van der Waals surface area contributed by atoms with E-state index in [4.69, 9.17) is 0 Å². The van der Waals surface area contributed by atoms with E-state index in [1.807, 2.05) is 0 Å². The lowest BCUT2D eigenvalue weighted by molar-refractivity contribution is -0.119. The first-order valence-electron chi connectivity index (χ1n) is 6.36. The normalized spacial score (nSPS) is 10.6. The molecule has 0 bridgehead atoms. The maximum atomic E-state index is 13.2. The van der Waals surface area contributed by atoms with Gasteiger partial charge in [0.25, 0.3) is 0 Å². The Morgan fingerprint density at radius 2 is 2.11 bits per heavy atom. The first-order chi connectivity index (χ1) is 8.90. The Kier molecular flexibility index (Phi) is 6.28. The zero-order chi connectivity index (χ0) is 14.4. The molecule has 0 aliphatic rings. The molecule has 19 heavy (non-hydrogen) atoms. The second-order valence-electron chi connectivity index (χ2n) is 4.97. The summed E-state index contributed by atoms with van der Waals surface area (Å²) in [5.74, 6) is 0.216. The quantitative estimate of drug-likeness (QED) is 0.838. The third-order valence-corrected chi connectivity index (χ3v) is 3.36. The minimum Gasteiger partial charge on any atom is -0.376 e. The molecule has 0 aromatic heterocycles. The molecule has 106 valence electrons. The van der Waals surface area contributed by atoms with Crippen LogP contribution in [0.2, 0.25) is 0 Å². The van der Waals surface area contributed by atoms with Crippen LogP contribution in [-0.2, 0) is 4.79 Å². The summed E-state index contributed by atoms with van der Waals surface area (Å²) < 4.78 is 13.6.